The third kappa shape index (κ3) is 4.04. The number of hydrogen-bond donors (Lipinski definition) is 1. The Morgan fingerprint density at radius 3 is 2.74 bits per heavy atom. The fraction of sp³-hybridized carbons (Fsp3) is 0.692. The molecule has 1 aliphatic rings. The Hall–Kier alpha value is -1.40. The molecule has 1 fully saturated rings. The van der Waals surface area contributed by atoms with Crippen molar-refractivity contribution < 1.29 is 9.32 Å². The molecule has 2 rings (SSSR count). The molecule has 1 aromatic heterocycles. The lowest BCUT2D eigenvalue weighted by Gasteiger charge is -2.34. The van der Waals surface area contributed by atoms with E-state index in [0.29, 0.717) is 6.42 Å². The van der Waals surface area contributed by atoms with E-state index in [2.05, 4.69) is 15.4 Å². The minimum Gasteiger partial charge on any atom is -0.361 e. The Kier molecular flexibility index (Phi) is 4.93. The summed E-state index contributed by atoms with van der Waals surface area (Å²) in [5.74, 6) is 1.09. The molecule has 1 aliphatic heterocycles. The van der Waals surface area contributed by atoms with E-state index >= 15 is 0 Å². The van der Waals surface area contributed by atoms with Gasteiger partial charge in [-0.15, -0.1) is 0 Å². The normalized spacial score (nSPS) is 16.8. The van der Waals surface area contributed by atoms with Crippen LogP contribution in [-0.4, -0.2) is 60.6 Å². The Morgan fingerprint density at radius 2 is 2.16 bits per heavy atom. The van der Waals surface area contributed by atoms with Crippen molar-refractivity contribution in [2.75, 3.05) is 39.8 Å². The van der Waals surface area contributed by atoms with E-state index in [-0.39, 0.29) is 5.91 Å². The first-order chi connectivity index (χ1) is 9.19. The number of carbonyl (C=O) groups excluding carboxylic acids is 1. The predicted octanol–water partition coefficient (Wildman–Crippen LogP) is 0.237. The van der Waals surface area contributed by atoms with Gasteiger partial charge in [0.05, 0.1) is 5.69 Å². The van der Waals surface area contributed by atoms with Crippen molar-refractivity contribution in [1.82, 2.24) is 20.3 Å². The molecular weight excluding hydrogens is 244 g/mol. The molecule has 1 N–H and O–H groups in total. The second-order valence-electron chi connectivity index (χ2n) is 4.94. The van der Waals surface area contributed by atoms with Gasteiger partial charge in [-0.2, -0.15) is 0 Å². The summed E-state index contributed by atoms with van der Waals surface area (Å²) < 4.78 is 5.06. The topological polar surface area (TPSA) is 61.6 Å². The Balaban J connectivity index is 1.74. The fourth-order valence-electron chi connectivity index (χ4n) is 2.27. The molecule has 2 heterocycles. The van der Waals surface area contributed by atoms with Gasteiger partial charge in [0.15, 0.2) is 0 Å². The van der Waals surface area contributed by atoms with Gasteiger partial charge in [-0.3, -0.25) is 9.69 Å². The van der Waals surface area contributed by atoms with Crippen LogP contribution in [0.1, 0.15) is 17.9 Å². The van der Waals surface area contributed by atoms with E-state index in [4.69, 9.17) is 4.52 Å². The number of hydrogen-bond acceptors (Lipinski definition) is 5. The maximum Gasteiger partial charge on any atom is 0.223 e. The third-order valence-corrected chi connectivity index (χ3v) is 3.38. The van der Waals surface area contributed by atoms with Crippen LogP contribution < -0.4 is 5.32 Å². The highest BCUT2D eigenvalue weighted by molar-refractivity contribution is 5.76. The average molecular weight is 266 g/mol. The zero-order chi connectivity index (χ0) is 13.7. The van der Waals surface area contributed by atoms with Crippen molar-refractivity contribution >= 4 is 5.91 Å². The molecule has 6 nitrogen and oxygen atoms in total. The summed E-state index contributed by atoms with van der Waals surface area (Å²) in [4.78, 5) is 16.1. The summed E-state index contributed by atoms with van der Waals surface area (Å²) in [6.45, 7) is 6.86. The van der Waals surface area contributed by atoms with Crippen LogP contribution >= 0.6 is 0 Å². The Labute approximate surface area is 113 Å². The molecule has 0 aromatic carbocycles. The van der Waals surface area contributed by atoms with Gasteiger partial charge >= 0.3 is 0 Å². The highest BCUT2D eigenvalue weighted by Gasteiger charge is 2.21. The van der Waals surface area contributed by atoms with Gasteiger partial charge in [-0.25, -0.2) is 0 Å². The Morgan fingerprint density at radius 1 is 1.42 bits per heavy atom. The average Bonchev–Trinajstić information content (AvgIpc) is 2.82. The number of nitrogens with one attached hydrogen (secondary N) is 1. The van der Waals surface area contributed by atoms with E-state index < -0.39 is 0 Å². The number of amides is 1. The zero-order valence-electron chi connectivity index (χ0n) is 11.7. The molecule has 0 spiro atoms. The first-order valence-electron chi connectivity index (χ1n) is 6.76. The molecule has 0 aliphatic carbocycles. The van der Waals surface area contributed by atoms with Crippen LogP contribution in [0.25, 0.3) is 0 Å². The summed E-state index contributed by atoms with van der Waals surface area (Å²) in [5, 5.41) is 7.00. The molecule has 19 heavy (non-hydrogen) atoms. The van der Waals surface area contributed by atoms with Crippen molar-refractivity contribution in [2.24, 2.45) is 0 Å². The van der Waals surface area contributed by atoms with Gasteiger partial charge < -0.3 is 14.7 Å². The summed E-state index contributed by atoms with van der Waals surface area (Å²) in [5.41, 5.74) is 0.965. The standard InChI is InChI=1S/C13H22N4O2/c1-11-9-12(15-19-11)10-16-5-7-17(8-6-16)13(18)3-4-14-2/h9,14H,3-8,10H2,1-2H3. The highest BCUT2D eigenvalue weighted by atomic mass is 16.5. The molecule has 0 saturated carbocycles. The van der Waals surface area contributed by atoms with E-state index in [1.165, 1.54) is 0 Å². The van der Waals surface area contributed by atoms with Crippen molar-refractivity contribution in [2.45, 2.75) is 19.9 Å². The van der Waals surface area contributed by atoms with Crippen molar-refractivity contribution in [3.8, 4) is 0 Å². The molecule has 1 aromatic rings. The largest absolute Gasteiger partial charge is 0.361 e. The molecular formula is C13H22N4O2. The lowest BCUT2D eigenvalue weighted by Crippen LogP contribution is -2.48. The van der Waals surface area contributed by atoms with Crippen molar-refractivity contribution in [1.29, 1.82) is 0 Å². The summed E-state index contributed by atoms with van der Waals surface area (Å²) in [6, 6.07) is 1.96. The second-order valence-corrected chi connectivity index (χ2v) is 4.94. The number of carbonyl (C=O) groups is 1. The maximum absolute atomic E-state index is 11.9. The van der Waals surface area contributed by atoms with Crippen LogP contribution in [0, 0.1) is 6.92 Å². The van der Waals surface area contributed by atoms with Crippen molar-refractivity contribution in [3.63, 3.8) is 0 Å². The predicted molar refractivity (Wildman–Crippen MR) is 71.6 cm³/mol. The van der Waals surface area contributed by atoms with Gasteiger partial charge in [0.25, 0.3) is 0 Å². The highest BCUT2D eigenvalue weighted by Crippen LogP contribution is 2.09. The van der Waals surface area contributed by atoms with Gasteiger partial charge in [0.2, 0.25) is 5.91 Å². The SMILES string of the molecule is CNCCC(=O)N1CCN(Cc2cc(C)on2)CC1. The molecule has 1 saturated heterocycles. The smallest absolute Gasteiger partial charge is 0.223 e. The van der Waals surface area contributed by atoms with Gasteiger partial charge in [0.1, 0.15) is 5.76 Å². The third-order valence-electron chi connectivity index (χ3n) is 3.38. The molecule has 0 atom stereocenters. The minimum absolute atomic E-state index is 0.242. The van der Waals surface area contributed by atoms with Crippen LogP contribution in [0.2, 0.25) is 0 Å². The van der Waals surface area contributed by atoms with Crippen LogP contribution in [0.4, 0.5) is 0 Å². The fourth-order valence-corrected chi connectivity index (χ4v) is 2.27. The van der Waals surface area contributed by atoms with Crippen LogP contribution in [-0.2, 0) is 11.3 Å². The van der Waals surface area contributed by atoms with Gasteiger partial charge in [-0.1, -0.05) is 5.16 Å². The van der Waals surface area contributed by atoms with E-state index in [0.717, 1.165) is 50.7 Å². The second kappa shape index (κ2) is 6.68. The maximum atomic E-state index is 11.9. The van der Waals surface area contributed by atoms with E-state index in [1.807, 2.05) is 24.9 Å². The lowest BCUT2D eigenvalue weighted by molar-refractivity contribution is -0.132. The van der Waals surface area contributed by atoms with E-state index in [1.54, 1.807) is 0 Å². The minimum atomic E-state index is 0.242. The van der Waals surface area contributed by atoms with Gasteiger partial charge in [0, 0.05) is 51.8 Å². The number of nitrogens with zero attached hydrogens (tertiary/aromatic N) is 3. The summed E-state index contributed by atoms with van der Waals surface area (Å²) in [7, 11) is 1.87. The number of piperazine rings is 1. The summed E-state index contributed by atoms with van der Waals surface area (Å²) in [6.07, 6.45) is 0.582. The molecule has 6 heteroatoms. The Bertz CT molecular complexity index is 411. The lowest BCUT2D eigenvalue weighted by atomic mass is 10.2. The number of rotatable bonds is 5. The summed E-state index contributed by atoms with van der Waals surface area (Å²) >= 11 is 0. The molecule has 0 unspecified atom stereocenters. The molecule has 0 bridgehead atoms. The quantitative estimate of drug-likeness (QED) is 0.827. The van der Waals surface area contributed by atoms with E-state index in [9.17, 15) is 4.79 Å². The number of aromatic nitrogens is 1. The van der Waals surface area contributed by atoms with Crippen LogP contribution in [0.5, 0.6) is 0 Å². The zero-order valence-corrected chi connectivity index (χ0v) is 11.7. The molecule has 0 radical (unpaired) electrons. The van der Waals surface area contributed by atoms with Crippen LogP contribution in [0.15, 0.2) is 10.6 Å². The first kappa shape index (κ1) is 14.0. The number of aryl methyl sites for hydroxylation is 1. The van der Waals surface area contributed by atoms with Gasteiger partial charge in [-0.05, 0) is 14.0 Å². The van der Waals surface area contributed by atoms with Crippen LogP contribution in [0.3, 0.4) is 0 Å². The van der Waals surface area contributed by atoms with Crippen molar-refractivity contribution in [3.05, 3.63) is 17.5 Å². The molecule has 1 amide bonds. The molecule has 106 valence electrons. The monoisotopic (exact) mass is 266 g/mol. The first-order valence-corrected chi connectivity index (χ1v) is 6.76.